The lowest BCUT2D eigenvalue weighted by Crippen LogP contribution is -2.17. The minimum Gasteiger partial charge on any atom is -0.497 e. The lowest BCUT2D eigenvalue weighted by atomic mass is 9.89. The van der Waals surface area contributed by atoms with Crippen molar-refractivity contribution in [1.82, 2.24) is 5.32 Å². The van der Waals surface area contributed by atoms with Gasteiger partial charge in [-0.05, 0) is 68.9 Å². The van der Waals surface area contributed by atoms with Crippen molar-refractivity contribution in [1.29, 1.82) is 0 Å². The van der Waals surface area contributed by atoms with E-state index in [4.69, 9.17) is 23.4 Å². The maximum atomic E-state index is 12.9. The van der Waals surface area contributed by atoms with Gasteiger partial charge in [-0.3, -0.25) is 0 Å². The molecule has 1 N–H and O–H groups in total. The predicted molar refractivity (Wildman–Crippen MR) is 174 cm³/mol. The summed E-state index contributed by atoms with van der Waals surface area (Å²) in [6.45, 7) is 12.5. The molecule has 0 saturated carbocycles. The largest absolute Gasteiger partial charge is 0.497 e. The van der Waals surface area contributed by atoms with E-state index in [9.17, 15) is 4.79 Å². The number of rotatable bonds is 8. The third-order valence-corrected chi connectivity index (χ3v) is 6.76. The second-order valence-electron chi connectivity index (χ2n) is 10.0. The van der Waals surface area contributed by atoms with Gasteiger partial charge in [0.25, 0.3) is 0 Å². The molecule has 1 aromatic heterocycles. The number of benzene rings is 1. The quantitative estimate of drug-likeness (QED) is 0.190. The third-order valence-electron chi connectivity index (χ3n) is 6.48. The zero-order chi connectivity index (χ0) is 30.8. The fourth-order valence-corrected chi connectivity index (χ4v) is 4.65. The van der Waals surface area contributed by atoms with Crippen molar-refractivity contribution in [2.24, 2.45) is 0 Å². The van der Waals surface area contributed by atoms with Crippen LogP contribution < -0.4 is 20.4 Å². The van der Waals surface area contributed by atoms with Crippen LogP contribution in [0.2, 0.25) is 0 Å². The molecule has 0 atom stereocenters. The average Bonchev–Trinajstić information content (AvgIpc) is 3.29. The van der Waals surface area contributed by atoms with Crippen LogP contribution in [0, 0.1) is 0 Å². The number of allylic oxidation sites excluding steroid dienone is 8. The van der Waals surface area contributed by atoms with Crippen molar-refractivity contribution in [3.63, 3.8) is 0 Å². The Hall–Kier alpha value is -3.88. The number of methoxy groups -OCH3 is 3. The van der Waals surface area contributed by atoms with Gasteiger partial charge in [0, 0.05) is 47.9 Å². The second kappa shape index (κ2) is 15.4. The van der Waals surface area contributed by atoms with Gasteiger partial charge in [0.05, 0.1) is 32.1 Å². The lowest BCUT2D eigenvalue weighted by Gasteiger charge is -2.21. The number of fused-ring (bicyclic) bond motifs is 2. The van der Waals surface area contributed by atoms with Gasteiger partial charge in [-0.1, -0.05) is 30.9 Å². The van der Waals surface area contributed by atoms with Crippen LogP contribution in [0.25, 0.3) is 16.5 Å². The van der Waals surface area contributed by atoms with Crippen LogP contribution in [-0.4, -0.2) is 40.1 Å². The summed E-state index contributed by atoms with van der Waals surface area (Å²) in [6.07, 6.45) is 13.1. The molecule has 1 aromatic carbocycles. The summed E-state index contributed by atoms with van der Waals surface area (Å²) >= 11 is 4.49. The smallest absolute Gasteiger partial charge is 0.336 e. The van der Waals surface area contributed by atoms with Crippen molar-refractivity contribution in [3.8, 4) is 11.5 Å². The Kier molecular flexibility index (Phi) is 11.9. The van der Waals surface area contributed by atoms with Gasteiger partial charge < -0.3 is 28.7 Å². The third kappa shape index (κ3) is 7.89. The average molecular weight is 592 g/mol. The Bertz CT molecular complexity index is 1540. The molecule has 0 spiro atoms. The Morgan fingerprint density at radius 3 is 2.38 bits per heavy atom. The van der Waals surface area contributed by atoms with Crippen molar-refractivity contribution in [2.45, 2.75) is 46.3 Å². The molecule has 0 saturated heterocycles. The molecular weight excluding hydrogens is 550 g/mol. The summed E-state index contributed by atoms with van der Waals surface area (Å²) in [5.41, 5.74) is 4.81. The van der Waals surface area contributed by atoms with Crippen molar-refractivity contribution in [3.05, 3.63) is 111 Å². The van der Waals surface area contributed by atoms with Crippen molar-refractivity contribution < 1.29 is 23.4 Å². The van der Waals surface area contributed by atoms with Crippen LogP contribution in [-0.2, 0) is 9.47 Å². The van der Waals surface area contributed by atoms with E-state index in [-0.39, 0.29) is 6.10 Å². The molecule has 42 heavy (non-hydrogen) atoms. The van der Waals surface area contributed by atoms with Crippen LogP contribution in [0.1, 0.15) is 39.7 Å². The normalized spacial score (nSPS) is 16.1. The first kappa shape index (κ1) is 32.6. The molecule has 2 aliphatic rings. The fraction of sp³-hybridized carbons (Fsp3) is 0.324. The van der Waals surface area contributed by atoms with Gasteiger partial charge >= 0.3 is 5.63 Å². The minimum absolute atomic E-state index is 0.0866. The Morgan fingerprint density at radius 2 is 1.79 bits per heavy atom. The molecule has 0 radical (unpaired) electrons. The number of nitrogens with one attached hydrogen (secondary N) is 1. The molecule has 2 heterocycles. The fourth-order valence-electron chi connectivity index (χ4n) is 4.41. The van der Waals surface area contributed by atoms with Crippen LogP contribution >= 0.6 is 12.6 Å². The van der Waals surface area contributed by atoms with Gasteiger partial charge in [0.1, 0.15) is 11.3 Å². The minimum atomic E-state index is -0.487. The Balaban J connectivity index is 0.000000892. The highest BCUT2D eigenvalue weighted by atomic mass is 32.1. The molecule has 0 amide bonds. The maximum Gasteiger partial charge on any atom is 0.336 e. The number of ether oxygens (including phenoxy) is 4. The molecule has 0 unspecified atom stereocenters. The van der Waals surface area contributed by atoms with Crippen LogP contribution in [0.3, 0.4) is 0 Å². The van der Waals surface area contributed by atoms with Crippen molar-refractivity contribution in [2.75, 3.05) is 27.9 Å². The van der Waals surface area contributed by atoms with Crippen LogP contribution in [0.4, 0.5) is 0 Å². The highest BCUT2D eigenvalue weighted by Gasteiger charge is 2.24. The summed E-state index contributed by atoms with van der Waals surface area (Å²) in [5.74, 6) is 1.78. The first-order chi connectivity index (χ1) is 20.2. The zero-order valence-electron chi connectivity index (χ0n) is 25.4. The van der Waals surface area contributed by atoms with E-state index in [0.717, 1.165) is 40.2 Å². The molecule has 4 rings (SSSR count). The monoisotopic (exact) mass is 591 g/mol. The van der Waals surface area contributed by atoms with E-state index in [2.05, 4.69) is 42.8 Å². The van der Waals surface area contributed by atoms with Crippen molar-refractivity contribution >= 4 is 29.2 Å². The van der Waals surface area contributed by atoms with Gasteiger partial charge in [0.15, 0.2) is 11.5 Å². The predicted octanol–water partition coefficient (Wildman–Crippen LogP) is 7.29. The molecule has 7 nitrogen and oxygen atoms in total. The molecular formula is C34H41NO6S. The summed E-state index contributed by atoms with van der Waals surface area (Å²) in [7, 11) is 4.94. The standard InChI is InChI=1S/C30H31NO5S.C4H10O/c1-6-19(17-37)29(30-22-13-21(33-4)11-7-9-20(22)10-8-12-31-30)24-15-28(32)36-25-16-27(35-18(2)3)26(34-5)14-23(24)25;1-4(2)5-3/h6,8-11,13-18,31,37H,1,7,12H2,2-5H3;4H,1-3H3/b19-17+,30-29-;. The molecule has 0 bridgehead atoms. The summed E-state index contributed by atoms with van der Waals surface area (Å²) in [5, 5.41) is 5.90. The molecule has 1 aliphatic carbocycles. The summed E-state index contributed by atoms with van der Waals surface area (Å²) in [6, 6.07) is 5.02. The number of hydrogen-bond acceptors (Lipinski definition) is 8. The zero-order valence-corrected chi connectivity index (χ0v) is 26.3. The van der Waals surface area contributed by atoms with Crippen LogP contribution in [0.15, 0.2) is 104 Å². The van der Waals surface area contributed by atoms with E-state index in [1.807, 2.05) is 45.9 Å². The van der Waals surface area contributed by atoms with E-state index in [0.29, 0.717) is 40.7 Å². The van der Waals surface area contributed by atoms with Crippen LogP contribution in [0.5, 0.6) is 11.5 Å². The van der Waals surface area contributed by atoms with Gasteiger partial charge in [-0.25, -0.2) is 4.79 Å². The van der Waals surface area contributed by atoms with E-state index in [1.165, 1.54) is 6.07 Å². The molecule has 8 heteroatoms. The maximum absolute atomic E-state index is 12.9. The number of hydrogen-bond donors (Lipinski definition) is 2. The highest BCUT2D eigenvalue weighted by Crippen LogP contribution is 2.41. The molecule has 224 valence electrons. The van der Waals surface area contributed by atoms with E-state index >= 15 is 0 Å². The van der Waals surface area contributed by atoms with Gasteiger partial charge in [-0.2, -0.15) is 12.6 Å². The SMILES string of the molecule is C=CC(=C\S)/C(=C1/NCC=CC2=CCC=C(OC)C=C21)c1cc(=O)oc2cc(OC(C)C)c(OC)cc12.COC(C)C. The first-order valence-corrected chi connectivity index (χ1v) is 14.3. The van der Waals surface area contributed by atoms with E-state index < -0.39 is 5.63 Å². The second-order valence-corrected chi connectivity index (χ2v) is 10.3. The topological polar surface area (TPSA) is 79.2 Å². The molecule has 2 aromatic rings. The van der Waals surface area contributed by atoms with E-state index in [1.54, 1.807) is 38.9 Å². The van der Waals surface area contributed by atoms with Gasteiger partial charge in [0.2, 0.25) is 0 Å². The highest BCUT2D eigenvalue weighted by molar-refractivity contribution is 7.83. The first-order valence-electron chi connectivity index (χ1n) is 13.8. The summed E-state index contributed by atoms with van der Waals surface area (Å²) in [4.78, 5) is 12.9. The molecule has 1 aliphatic heterocycles. The lowest BCUT2D eigenvalue weighted by molar-refractivity contribution is 0.134. The van der Waals surface area contributed by atoms with Gasteiger partial charge in [-0.15, -0.1) is 0 Å². The summed E-state index contributed by atoms with van der Waals surface area (Å²) < 4.78 is 27.6. The number of thiol groups is 1. The Morgan fingerprint density at radius 1 is 1.05 bits per heavy atom. The molecule has 0 fully saturated rings. The Labute approximate surface area is 254 Å².